The third kappa shape index (κ3) is 3.64. The van der Waals surface area contributed by atoms with Crippen LogP contribution in [-0.2, 0) is 5.41 Å². The third-order valence-corrected chi connectivity index (χ3v) is 5.59. The molecule has 2 aromatic heterocycles. The Morgan fingerprint density at radius 3 is 1.58 bits per heavy atom. The van der Waals surface area contributed by atoms with E-state index in [2.05, 4.69) is 78.2 Å². The van der Waals surface area contributed by atoms with Crippen molar-refractivity contribution >= 4 is 43.9 Å². The molecule has 3 heteroatoms. The van der Waals surface area contributed by atoms with Gasteiger partial charge in [-0.05, 0) is 41.3 Å². The van der Waals surface area contributed by atoms with E-state index in [1.807, 2.05) is 48.5 Å². The Morgan fingerprint density at radius 2 is 1.03 bits per heavy atom. The Labute approximate surface area is 181 Å². The zero-order chi connectivity index (χ0) is 21.4. The third-order valence-electron chi connectivity index (χ3n) is 5.59. The van der Waals surface area contributed by atoms with Crippen molar-refractivity contribution in [2.75, 3.05) is 0 Å². The van der Waals surface area contributed by atoms with Gasteiger partial charge >= 0.3 is 0 Å². The highest BCUT2D eigenvalue weighted by molar-refractivity contribution is 6.08. The van der Waals surface area contributed by atoms with Crippen molar-refractivity contribution in [2.45, 2.75) is 26.2 Å². The van der Waals surface area contributed by atoms with Gasteiger partial charge in [0.05, 0.1) is 27.6 Å². The lowest BCUT2D eigenvalue weighted by Crippen LogP contribution is -2.11. The number of fused-ring (bicyclic) bond motifs is 5. The number of hydrogen-bond acceptors (Lipinski definition) is 2. The van der Waals surface area contributed by atoms with Crippen molar-refractivity contribution in [1.29, 1.82) is 0 Å². The minimum Gasteiger partial charge on any atom is -0.354 e. The highest BCUT2D eigenvalue weighted by Crippen LogP contribution is 2.33. The SMILES string of the molecule is CC(C)(C)c1cccc2c1[nH]c1ccccc12.c1ccc2nc3ccccc3nc2c1. The summed E-state index contributed by atoms with van der Waals surface area (Å²) in [4.78, 5) is 12.6. The lowest BCUT2D eigenvalue weighted by molar-refractivity contribution is 0.595. The monoisotopic (exact) mass is 403 g/mol. The molecule has 0 radical (unpaired) electrons. The van der Waals surface area contributed by atoms with Crippen molar-refractivity contribution in [3.8, 4) is 0 Å². The Balaban J connectivity index is 0.000000134. The van der Waals surface area contributed by atoms with Gasteiger partial charge in [-0.2, -0.15) is 0 Å². The van der Waals surface area contributed by atoms with Gasteiger partial charge in [-0.3, -0.25) is 0 Å². The van der Waals surface area contributed by atoms with Gasteiger partial charge in [-0.1, -0.05) is 81.4 Å². The molecule has 0 aliphatic heterocycles. The molecule has 6 rings (SSSR count). The van der Waals surface area contributed by atoms with Crippen LogP contribution >= 0.6 is 0 Å². The summed E-state index contributed by atoms with van der Waals surface area (Å²) < 4.78 is 0. The summed E-state index contributed by atoms with van der Waals surface area (Å²) in [6.07, 6.45) is 0. The summed E-state index contributed by atoms with van der Waals surface area (Å²) in [5.41, 5.74) is 7.85. The molecular formula is C28H25N3. The molecule has 0 saturated carbocycles. The Kier molecular flexibility index (Phi) is 4.67. The van der Waals surface area contributed by atoms with Crippen LogP contribution in [0, 0.1) is 0 Å². The van der Waals surface area contributed by atoms with E-state index in [9.17, 15) is 0 Å². The first-order valence-electron chi connectivity index (χ1n) is 10.6. The Hall–Kier alpha value is -3.72. The van der Waals surface area contributed by atoms with Gasteiger partial charge in [0.2, 0.25) is 0 Å². The molecule has 0 spiro atoms. The van der Waals surface area contributed by atoms with Crippen LogP contribution in [0.3, 0.4) is 0 Å². The predicted octanol–water partition coefficient (Wildman–Crippen LogP) is 7.40. The van der Waals surface area contributed by atoms with Crippen LogP contribution in [0.2, 0.25) is 0 Å². The lowest BCUT2D eigenvalue weighted by atomic mass is 9.86. The van der Waals surface area contributed by atoms with Gasteiger partial charge < -0.3 is 4.98 Å². The van der Waals surface area contributed by atoms with Crippen LogP contribution in [0.15, 0.2) is 91.0 Å². The molecule has 0 amide bonds. The fourth-order valence-electron chi connectivity index (χ4n) is 4.06. The number of para-hydroxylation sites is 6. The average Bonchev–Trinajstić information content (AvgIpc) is 3.16. The molecule has 1 N–H and O–H groups in total. The summed E-state index contributed by atoms with van der Waals surface area (Å²) >= 11 is 0. The summed E-state index contributed by atoms with van der Waals surface area (Å²) in [5, 5.41) is 2.64. The van der Waals surface area contributed by atoms with Crippen molar-refractivity contribution in [2.24, 2.45) is 0 Å². The molecule has 0 aliphatic rings. The quantitative estimate of drug-likeness (QED) is 0.268. The van der Waals surface area contributed by atoms with E-state index < -0.39 is 0 Å². The molecule has 0 atom stereocenters. The van der Waals surface area contributed by atoms with Crippen molar-refractivity contribution < 1.29 is 0 Å². The number of rotatable bonds is 0. The van der Waals surface area contributed by atoms with Crippen molar-refractivity contribution in [1.82, 2.24) is 15.0 Å². The van der Waals surface area contributed by atoms with E-state index >= 15 is 0 Å². The first-order chi connectivity index (χ1) is 15.0. The maximum atomic E-state index is 4.52. The second kappa shape index (κ2) is 7.51. The van der Waals surface area contributed by atoms with Crippen LogP contribution in [0.5, 0.6) is 0 Å². The van der Waals surface area contributed by atoms with Gasteiger partial charge in [-0.25, -0.2) is 9.97 Å². The second-order valence-electron chi connectivity index (χ2n) is 8.85. The van der Waals surface area contributed by atoms with E-state index in [4.69, 9.17) is 0 Å². The van der Waals surface area contributed by atoms with Gasteiger partial charge in [0.1, 0.15) is 0 Å². The standard InChI is InChI=1S/C16H17N.C12H8N2/c1-16(2,3)13-9-6-8-12-11-7-4-5-10-14(11)17-15(12)13;1-2-6-10-9(5-1)13-11-7-3-4-8-12(11)14-10/h4-10,17H,1-3H3;1-8H. The first kappa shape index (κ1) is 19.3. The number of H-pyrrole nitrogens is 1. The highest BCUT2D eigenvalue weighted by atomic mass is 14.8. The van der Waals surface area contributed by atoms with Crippen LogP contribution in [-0.4, -0.2) is 15.0 Å². The molecule has 0 unspecified atom stereocenters. The molecular weight excluding hydrogens is 378 g/mol. The van der Waals surface area contributed by atoms with Gasteiger partial charge in [-0.15, -0.1) is 0 Å². The summed E-state index contributed by atoms with van der Waals surface area (Å²) in [6.45, 7) is 6.77. The Bertz CT molecular complexity index is 1420. The number of benzene rings is 4. The summed E-state index contributed by atoms with van der Waals surface area (Å²) in [7, 11) is 0. The van der Waals surface area contributed by atoms with E-state index in [0.29, 0.717) is 0 Å². The van der Waals surface area contributed by atoms with Gasteiger partial charge in [0.25, 0.3) is 0 Å². The summed E-state index contributed by atoms with van der Waals surface area (Å²) in [6, 6.07) is 30.9. The molecule has 0 fully saturated rings. The number of hydrogen-bond donors (Lipinski definition) is 1. The number of aromatic nitrogens is 3. The van der Waals surface area contributed by atoms with Gasteiger partial charge in [0, 0.05) is 16.3 Å². The van der Waals surface area contributed by atoms with Crippen LogP contribution in [0.4, 0.5) is 0 Å². The number of nitrogens with zero attached hydrogens (tertiary/aromatic N) is 2. The fourth-order valence-corrected chi connectivity index (χ4v) is 4.06. The molecule has 3 nitrogen and oxygen atoms in total. The van der Waals surface area contributed by atoms with Crippen LogP contribution < -0.4 is 0 Å². The minimum absolute atomic E-state index is 0.167. The second-order valence-corrected chi connectivity index (χ2v) is 8.85. The first-order valence-corrected chi connectivity index (χ1v) is 10.6. The van der Waals surface area contributed by atoms with Gasteiger partial charge in [0.15, 0.2) is 0 Å². The Morgan fingerprint density at radius 1 is 0.548 bits per heavy atom. The van der Waals surface area contributed by atoms with E-state index in [1.165, 1.54) is 27.4 Å². The largest absolute Gasteiger partial charge is 0.354 e. The maximum Gasteiger partial charge on any atom is 0.0894 e. The normalized spacial score (nSPS) is 11.7. The zero-order valence-electron chi connectivity index (χ0n) is 18.1. The molecule has 0 saturated heterocycles. The molecule has 152 valence electrons. The predicted molar refractivity (Wildman–Crippen MR) is 132 cm³/mol. The minimum atomic E-state index is 0.167. The molecule has 2 heterocycles. The topological polar surface area (TPSA) is 41.6 Å². The van der Waals surface area contributed by atoms with Crippen molar-refractivity contribution in [3.05, 3.63) is 96.6 Å². The molecule has 6 aromatic rings. The number of aromatic amines is 1. The van der Waals surface area contributed by atoms with E-state index in [0.717, 1.165) is 22.1 Å². The molecule has 31 heavy (non-hydrogen) atoms. The highest BCUT2D eigenvalue weighted by Gasteiger charge is 2.18. The van der Waals surface area contributed by atoms with E-state index in [-0.39, 0.29) is 5.41 Å². The van der Waals surface area contributed by atoms with Crippen LogP contribution in [0.25, 0.3) is 43.9 Å². The van der Waals surface area contributed by atoms with E-state index in [1.54, 1.807) is 0 Å². The molecule has 4 aromatic carbocycles. The molecule has 0 bridgehead atoms. The fraction of sp³-hybridized carbons (Fsp3) is 0.143. The average molecular weight is 404 g/mol. The van der Waals surface area contributed by atoms with Crippen LogP contribution in [0.1, 0.15) is 26.3 Å². The smallest absolute Gasteiger partial charge is 0.0894 e. The number of nitrogens with one attached hydrogen (secondary N) is 1. The summed E-state index contributed by atoms with van der Waals surface area (Å²) in [5.74, 6) is 0. The zero-order valence-corrected chi connectivity index (χ0v) is 18.1. The lowest BCUT2D eigenvalue weighted by Gasteiger charge is -2.19. The van der Waals surface area contributed by atoms with Crippen molar-refractivity contribution in [3.63, 3.8) is 0 Å². The molecule has 0 aliphatic carbocycles. The maximum absolute atomic E-state index is 4.52.